The van der Waals surface area contributed by atoms with E-state index in [2.05, 4.69) is 4.98 Å². The first kappa shape index (κ1) is 16.2. The number of carbonyl (C=O) groups is 1. The summed E-state index contributed by atoms with van der Waals surface area (Å²) >= 11 is 0. The number of nitrogens with zero attached hydrogens (tertiary/aromatic N) is 3. The maximum atomic E-state index is 12.5. The molecule has 8 nitrogen and oxygen atoms in total. The summed E-state index contributed by atoms with van der Waals surface area (Å²) in [4.78, 5) is 17.9. The van der Waals surface area contributed by atoms with Gasteiger partial charge in [-0.25, -0.2) is 13.4 Å². The van der Waals surface area contributed by atoms with Gasteiger partial charge >= 0.3 is 0 Å². The van der Waals surface area contributed by atoms with E-state index in [1.807, 2.05) is 0 Å². The minimum atomic E-state index is -3.38. The molecule has 1 amide bonds. The Morgan fingerprint density at radius 2 is 2.04 bits per heavy atom. The van der Waals surface area contributed by atoms with Gasteiger partial charge in [-0.05, 0) is 12.1 Å². The molecule has 2 saturated heterocycles. The summed E-state index contributed by atoms with van der Waals surface area (Å²) in [5, 5.41) is -0.549. The molecule has 0 bridgehead atoms. The summed E-state index contributed by atoms with van der Waals surface area (Å²) in [6.45, 7) is 1.97. The predicted molar refractivity (Wildman–Crippen MR) is 81.8 cm³/mol. The average Bonchev–Trinajstić information content (AvgIpc) is 2.54. The van der Waals surface area contributed by atoms with Crippen LogP contribution in [-0.4, -0.2) is 80.3 Å². The van der Waals surface area contributed by atoms with E-state index in [0.29, 0.717) is 31.9 Å². The Hall–Kier alpha value is -1.71. The van der Waals surface area contributed by atoms with E-state index in [0.717, 1.165) is 0 Å². The number of pyridine rings is 1. The van der Waals surface area contributed by atoms with Crippen LogP contribution in [0.25, 0.3) is 0 Å². The first-order valence-corrected chi connectivity index (χ1v) is 8.89. The molecular weight excluding hydrogens is 322 g/mol. The molecular formula is C14H19N3O5S. The van der Waals surface area contributed by atoms with Crippen LogP contribution in [0.3, 0.4) is 0 Å². The Labute approximate surface area is 135 Å². The highest BCUT2D eigenvalue weighted by Crippen LogP contribution is 2.25. The molecule has 0 atom stereocenters. The van der Waals surface area contributed by atoms with Crippen molar-refractivity contribution in [3.8, 4) is 5.88 Å². The average molecular weight is 341 g/mol. The van der Waals surface area contributed by atoms with E-state index >= 15 is 0 Å². The van der Waals surface area contributed by atoms with Crippen LogP contribution >= 0.6 is 0 Å². The van der Waals surface area contributed by atoms with Gasteiger partial charge in [0.15, 0.2) is 0 Å². The lowest BCUT2D eigenvalue weighted by molar-refractivity contribution is 0.0614. The first-order valence-electron chi connectivity index (χ1n) is 7.39. The Morgan fingerprint density at radius 1 is 1.35 bits per heavy atom. The van der Waals surface area contributed by atoms with Crippen molar-refractivity contribution in [3.63, 3.8) is 0 Å². The van der Waals surface area contributed by atoms with Crippen LogP contribution in [0, 0.1) is 0 Å². The van der Waals surface area contributed by atoms with E-state index in [9.17, 15) is 13.2 Å². The molecule has 1 aromatic heterocycles. The van der Waals surface area contributed by atoms with Crippen molar-refractivity contribution >= 4 is 15.9 Å². The van der Waals surface area contributed by atoms with E-state index in [1.165, 1.54) is 22.5 Å². The van der Waals surface area contributed by atoms with Gasteiger partial charge in [0.2, 0.25) is 15.9 Å². The zero-order valence-corrected chi connectivity index (χ0v) is 13.7. The van der Waals surface area contributed by atoms with E-state index in [4.69, 9.17) is 9.47 Å². The highest BCUT2D eigenvalue weighted by Gasteiger charge is 2.43. The van der Waals surface area contributed by atoms with Crippen LogP contribution in [-0.2, 0) is 14.8 Å². The van der Waals surface area contributed by atoms with E-state index in [-0.39, 0.29) is 24.9 Å². The Kier molecular flexibility index (Phi) is 4.51. The number of aromatic nitrogens is 1. The lowest BCUT2D eigenvalue weighted by Gasteiger charge is -2.41. The van der Waals surface area contributed by atoms with Crippen LogP contribution in [0.1, 0.15) is 10.4 Å². The minimum absolute atomic E-state index is 0.191. The molecule has 0 spiro atoms. The number of rotatable bonds is 4. The van der Waals surface area contributed by atoms with Crippen LogP contribution < -0.4 is 4.74 Å². The molecule has 3 heterocycles. The highest BCUT2D eigenvalue weighted by atomic mass is 32.2. The number of likely N-dealkylation sites (tertiary alicyclic amines) is 1. The van der Waals surface area contributed by atoms with Crippen molar-refractivity contribution in [1.82, 2.24) is 14.2 Å². The topological polar surface area (TPSA) is 89.0 Å². The Bertz CT molecular complexity index is 681. The number of amides is 1. The normalized spacial score (nSPS) is 20.1. The van der Waals surface area contributed by atoms with Gasteiger partial charge in [0.05, 0.1) is 20.3 Å². The summed E-state index contributed by atoms with van der Waals surface area (Å²) < 4.78 is 36.7. The molecule has 2 aliphatic heterocycles. The van der Waals surface area contributed by atoms with Gasteiger partial charge in [0, 0.05) is 32.4 Å². The number of methoxy groups -OCH3 is 1. The summed E-state index contributed by atoms with van der Waals surface area (Å²) in [7, 11) is -1.93. The number of hydrogen-bond donors (Lipinski definition) is 0. The first-order chi connectivity index (χ1) is 11.0. The lowest BCUT2D eigenvalue weighted by atomic mass is 10.1. The standard InChI is InChI=1S/C14H19N3O5S/c1-21-13-12(3-2-4-15-13)14(18)16-9-11(10-16)23(19,20)17-5-7-22-8-6-17/h2-4,11H,5-10H2,1H3. The van der Waals surface area contributed by atoms with Crippen molar-refractivity contribution < 1.29 is 22.7 Å². The molecule has 0 saturated carbocycles. The number of sulfonamides is 1. The monoisotopic (exact) mass is 341 g/mol. The SMILES string of the molecule is COc1ncccc1C(=O)N1CC(S(=O)(=O)N2CCOCC2)C1. The maximum absolute atomic E-state index is 12.5. The van der Waals surface area contributed by atoms with Crippen molar-refractivity contribution in [3.05, 3.63) is 23.9 Å². The van der Waals surface area contributed by atoms with Gasteiger partial charge in [0.25, 0.3) is 5.91 Å². The third-order valence-corrected chi connectivity index (χ3v) is 6.31. The zero-order valence-electron chi connectivity index (χ0n) is 12.8. The second-order valence-corrected chi connectivity index (χ2v) is 7.66. The second kappa shape index (κ2) is 6.42. The summed E-state index contributed by atoms with van der Waals surface area (Å²) in [5.74, 6) is -0.0136. The molecule has 126 valence electrons. The number of morpholine rings is 1. The fraction of sp³-hybridized carbons (Fsp3) is 0.571. The van der Waals surface area contributed by atoms with Gasteiger partial charge in [-0.3, -0.25) is 4.79 Å². The molecule has 23 heavy (non-hydrogen) atoms. The molecule has 0 radical (unpaired) electrons. The smallest absolute Gasteiger partial charge is 0.259 e. The molecule has 0 unspecified atom stereocenters. The molecule has 1 aromatic rings. The van der Waals surface area contributed by atoms with Crippen molar-refractivity contribution in [1.29, 1.82) is 0 Å². The molecule has 0 aromatic carbocycles. The van der Waals surface area contributed by atoms with Crippen molar-refractivity contribution in [2.75, 3.05) is 46.5 Å². The van der Waals surface area contributed by atoms with Crippen LogP contribution in [0.5, 0.6) is 5.88 Å². The molecule has 2 aliphatic rings. The largest absolute Gasteiger partial charge is 0.480 e. The van der Waals surface area contributed by atoms with Gasteiger partial charge in [-0.1, -0.05) is 0 Å². The van der Waals surface area contributed by atoms with Crippen molar-refractivity contribution in [2.45, 2.75) is 5.25 Å². The number of ether oxygens (including phenoxy) is 2. The third-order valence-electron chi connectivity index (χ3n) is 4.08. The van der Waals surface area contributed by atoms with Crippen molar-refractivity contribution in [2.24, 2.45) is 0 Å². The quantitative estimate of drug-likeness (QED) is 0.739. The summed E-state index contributed by atoms with van der Waals surface area (Å²) in [6, 6.07) is 3.27. The lowest BCUT2D eigenvalue weighted by Crippen LogP contribution is -2.61. The van der Waals surface area contributed by atoms with Gasteiger partial charge in [-0.2, -0.15) is 4.31 Å². The Balaban J connectivity index is 1.65. The predicted octanol–water partition coefficient (Wildman–Crippen LogP) is -0.423. The van der Waals surface area contributed by atoms with Gasteiger partial charge in [-0.15, -0.1) is 0 Å². The van der Waals surface area contributed by atoms with Crippen LogP contribution in [0.15, 0.2) is 18.3 Å². The molecule has 2 fully saturated rings. The Morgan fingerprint density at radius 3 is 2.70 bits per heavy atom. The van der Waals surface area contributed by atoms with E-state index < -0.39 is 15.3 Å². The molecule has 3 rings (SSSR count). The molecule has 0 N–H and O–H groups in total. The third kappa shape index (κ3) is 3.04. The summed E-state index contributed by atoms with van der Waals surface area (Å²) in [5.41, 5.74) is 0.345. The molecule has 0 aliphatic carbocycles. The number of hydrogen-bond acceptors (Lipinski definition) is 6. The fourth-order valence-corrected chi connectivity index (χ4v) is 4.51. The fourth-order valence-electron chi connectivity index (χ4n) is 2.69. The molecule has 9 heteroatoms. The van der Waals surface area contributed by atoms with Gasteiger partial charge < -0.3 is 14.4 Å². The van der Waals surface area contributed by atoms with E-state index in [1.54, 1.807) is 12.1 Å². The second-order valence-electron chi connectivity index (χ2n) is 5.45. The van der Waals surface area contributed by atoms with Crippen LogP contribution in [0.4, 0.5) is 0 Å². The minimum Gasteiger partial charge on any atom is -0.480 e. The number of carbonyl (C=O) groups excluding carboxylic acids is 1. The maximum Gasteiger partial charge on any atom is 0.259 e. The highest BCUT2D eigenvalue weighted by molar-refractivity contribution is 7.89. The van der Waals surface area contributed by atoms with Crippen LogP contribution in [0.2, 0.25) is 0 Å². The zero-order chi connectivity index (χ0) is 16.4. The summed E-state index contributed by atoms with van der Waals surface area (Å²) in [6.07, 6.45) is 1.54. The van der Waals surface area contributed by atoms with Gasteiger partial charge in [0.1, 0.15) is 10.8 Å².